The highest BCUT2D eigenvalue weighted by atomic mass is 16.5. The molecule has 0 spiro atoms. The molecule has 128 valence electrons. The summed E-state index contributed by atoms with van der Waals surface area (Å²) in [6, 6.07) is 0. The van der Waals surface area contributed by atoms with Crippen molar-refractivity contribution >= 4 is 11.9 Å². The van der Waals surface area contributed by atoms with Crippen LogP contribution in [-0.2, 0) is 11.3 Å². The van der Waals surface area contributed by atoms with Gasteiger partial charge in [0.2, 0.25) is 0 Å². The van der Waals surface area contributed by atoms with Crippen molar-refractivity contribution in [2.24, 2.45) is 0 Å². The summed E-state index contributed by atoms with van der Waals surface area (Å²) in [7, 11) is 2.06. The lowest BCUT2D eigenvalue weighted by Gasteiger charge is -2.32. The van der Waals surface area contributed by atoms with Gasteiger partial charge in [0.1, 0.15) is 5.69 Å². The molecule has 2 rings (SSSR count). The standard InChI is InChI=1S/C17H27N3O3/c1-6-20-13(4)14(12(3)15(20)17(22)23-7-2)16(21)19-10-8-18(5)9-11-19/h6-11H2,1-5H3. The first kappa shape index (κ1) is 17.5. The van der Waals surface area contributed by atoms with E-state index in [1.54, 1.807) is 6.92 Å². The van der Waals surface area contributed by atoms with Crippen LogP contribution in [0.3, 0.4) is 0 Å². The molecule has 1 fully saturated rings. The van der Waals surface area contributed by atoms with Crippen molar-refractivity contribution in [3.05, 3.63) is 22.5 Å². The molecule has 0 radical (unpaired) electrons. The smallest absolute Gasteiger partial charge is 0.355 e. The molecule has 6 nitrogen and oxygen atoms in total. The number of amides is 1. The van der Waals surface area contributed by atoms with E-state index in [0.29, 0.717) is 24.4 Å². The minimum Gasteiger partial charge on any atom is -0.461 e. The molecule has 0 saturated carbocycles. The van der Waals surface area contributed by atoms with Crippen LogP contribution in [0.5, 0.6) is 0 Å². The quantitative estimate of drug-likeness (QED) is 0.792. The summed E-state index contributed by atoms with van der Waals surface area (Å²) >= 11 is 0. The number of hydrogen-bond donors (Lipinski definition) is 0. The van der Waals surface area contributed by atoms with Crippen molar-refractivity contribution in [2.45, 2.75) is 34.2 Å². The van der Waals surface area contributed by atoms with Gasteiger partial charge in [-0.1, -0.05) is 0 Å². The SMILES string of the molecule is CCOC(=O)c1c(C)c(C(=O)N2CCN(C)CC2)c(C)n1CC. The number of likely N-dealkylation sites (N-methyl/N-ethyl adjacent to an activating group) is 1. The lowest BCUT2D eigenvalue weighted by molar-refractivity contribution is 0.0512. The average Bonchev–Trinajstić information content (AvgIpc) is 2.78. The molecule has 0 bridgehead atoms. The summed E-state index contributed by atoms with van der Waals surface area (Å²) in [6.45, 7) is 11.7. The van der Waals surface area contributed by atoms with Crippen LogP contribution in [0.2, 0.25) is 0 Å². The predicted molar refractivity (Wildman–Crippen MR) is 88.9 cm³/mol. The van der Waals surface area contributed by atoms with Crippen molar-refractivity contribution in [3.8, 4) is 0 Å². The van der Waals surface area contributed by atoms with Gasteiger partial charge in [-0.05, 0) is 40.3 Å². The van der Waals surface area contributed by atoms with Crippen LogP contribution in [-0.4, -0.2) is 66.1 Å². The molecule has 0 unspecified atom stereocenters. The van der Waals surface area contributed by atoms with Crippen LogP contribution >= 0.6 is 0 Å². The van der Waals surface area contributed by atoms with Gasteiger partial charge in [-0.2, -0.15) is 0 Å². The van der Waals surface area contributed by atoms with E-state index in [9.17, 15) is 9.59 Å². The van der Waals surface area contributed by atoms with E-state index in [-0.39, 0.29) is 11.9 Å². The third-order valence-corrected chi connectivity index (χ3v) is 4.56. The first-order valence-electron chi connectivity index (χ1n) is 8.26. The van der Waals surface area contributed by atoms with Crippen molar-refractivity contribution in [1.29, 1.82) is 0 Å². The number of carbonyl (C=O) groups is 2. The Hall–Kier alpha value is -1.82. The minimum absolute atomic E-state index is 0.0193. The maximum absolute atomic E-state index is 13.0. The molecule has 2 heterocycles. The van der Waals surface area contributed by atoms with E-state index >= 15 is 0 Å². The van der Waals surface area contributed by atoms with Crippen molar-refractivity contribution < 1.29 is 14.3 Å². The molecule has 1 saturated heterocycles. The molecule has 1 amide bonds. The van der Waals surface area contributed by atoms with Gasteiger partial charge in [-0.25, -0.2) is 4.79 Å². The molecule has 6 heteroatoms. The second kappa shape index (κ2) is 7.17. The third-order valence-electron chi connectivity index (χ3n) is 4.56. The summed E-state index contributed by atoms with van der Waals surface area (Å²) in [5, 5.41) is 0. The highest BCUT2D eigenvalue weighted by Gasteiger charge is 2.30. The van der Waals surface area contributed by atoms with Crippen LogP contribution in [0.15, 0.2) is 0 Å². The number of carbonyl (C=O) groups excluding carboxylic acids is 2. The van der Waals surface area contributed by atoms with Crippen LogP contribution in [0.4, 0.5) is 0 Å². The molecular formula is C17H27N3O3. The molecule has 1 aliphatic heterocycles. The lowest BCUT2D eigenvalue weighted by Crippen LogP contribution is -2.47. The predicted octanol–water partition coefficient (Wildman–Crippen LogP) is 1.69. The molecule has 0 atom stereocenters. The van der Waals surface area contributed by atoms with Gasteiger partial charge in [0, 0.05) is 38.4 Å². The molecule has 23 heavy (non-hydrogen) atoms. The van der Waals surface area contributed by atoms with Crippen molar-refractivity contribution in [1.82, 2.24) is 14.4 Å². The van der Waals surface area contributed by atoms with E-state index < -0.39 is 0 Å². The van der Waals surface area contributed by atoms with Gasteiger partial charge >= 0.3 is 5.97 Å². The third kappa shape index (κ3) is 3.27. The Morgan fingerprint density at radius 3 is 2.22 bits per heavy atom. The van der Waals surface area contributed by atoms with E-state index in [2.05, 4.69) is 11.9 Å². The van der Waals surface area contributed by atoms with Gasteiger partial charge in [-0.15, -0.1) is 0 Å². The highest BCUT2D eigenvalue weighted by Crippen LogP contribution is 2.25. The first-order chi connectivity index (χ1) is 10.9. The van der Waals surface area contributed by atoms with E-state index in [1.165, 1.54) is 0 Å². The van der Waals surface area contributed by atoms with Crippen LogP contribution < -0.4 is 0 Å². The zero-order valence-electron chi connectivity index (χ0n) is 14.8. The Balaban J connectivity index is 2.39. The number of hydrogen-bond acceptors (Lipinski definition) is 4. The fraction of sp³-hybridized carbons (Fsp3) is 0.647. The van der Waals surface area contributed by atoms with E-state index in [0.717, 1.165) is 37.4 Å². The maximum Gasteiger partial charge on any atom is 0.355 e. The summed E-state index contributed by atoms with van der Waals surface area (Å²) in [4.78, 5) is 29.3. The van der Waals surface area contributed by atoms with Crippen molar-refractivity contribution in [3.63, 3.8) is 0 Å². The number of esters is 1. The van der Waals surface area contributed by atoms with Crippen LogP contribution in [0.25, 0.3) is 0 Å². The Kier molecular flexibility index (Phi) is 5.46. The van der Waals surface area contributed by atoms with E-state index in [4.69, 9.17) is 4.74 Å². The Bertz CT molecular complexity index is 599. The largest absolute Gasteiger partial charge is 0.461 e. The summed E-state index contributed by atoms with van der Waals surface area (Å²) < 4.78 is 7.05. The second-order valence-corrected chi connectivity index (χ2v) is 5.99. The average molecular weight is 321 g/mol. The molecule has 1 aromatic heterocycles. The second-order valence-electron chi connectivity index (χ2n) is 5.99. The summed E-state index contributed by atoms with van der Waals surface area (Å²) in [6.07, 6.45) is 0. The monoisotopic (exact) mass is 321 g/mol. The van der Waals surface area contributed by atoms with Crippen molar-refractivity contribution in [2.75, 3.05) is 39.8 Å². The number of aromatic nitrogens is 1. The summed E-state index contributed by atoms with van der Waals surface area (Å²) in [5.41, 5.74) is 2.73. The summed E-state index contributed by atoms with van der Waals surface area (Å²) in [5.74, 6) is -0.335. The van der Waals surface area contributed by atoms with E-state index in [1.807, 2.05) is 30.2 Å². The van der Waals surface area contributed by atoms with Gasteiger partial charge < -0.3 is 19.1 Å². The fourth-order valence-electron chi connectivity index (χ4n) is 3.24. The molecule has 1 aromatic rings. The fourth-order valence-corrected chi connectivity index (χ4v) is 3.24. The number of rotatable bonds is 4. The van der Waals surface area contributed by atoms with Gasteiger partial charge in [0.25, 0.3) is 5.91 Å². The first-order valence-corrected chi connectivity index (χ1v) is 8.26. The normalized spacial score (nSPS) is 15.8. The minimum atomic E-state index is -0.354. The number of ether oxygens (including phenoxy) is 1. The molecular weight excluding hydrogens is 294 g/mol. The maximum atomic E-state index is 13.0. The highest BCUT2D eigenvalue weighted by molar-refractivity contribution is 6.01. The number of piperazine rings is 1. The van der Waals surface area contributed by atoms with Gasteiger partial charge in [0.15, 0.2) is 0 Å². The number of nitrogens with zero attached hydrogens (tertiary/aromatic N) is 3. The molecule has 1 aliphatic rings. The zero-order chi connectivity index (χ0) is 17.1. The molecule has 0 aliphatic carbocycles. The Morgan fingerprint density at radius 1 is 1.09 bits per heavy atom. The Morgan fingerprint density at radius 2 is 1.70 bits per heavy atom. The van der Waals surface area contributed by atoms with Crippen LogP contribution in [0, 0.1) is 13.8 Å². The zero-order valence-corrected chi connectivity index (χ0v) is 14.8. The lowest BCUT2D eigenvalue weighted by atomic mass is 10.1. The van der Waals surface area contributed by atoms with Gasteiger partial charge in [0.05, 0.1) is 12.2 Å². The molecule has 0 aromatic carbocycles. The topological polar surface area (TPSA) is 54.8 Å². The Labute approximate surface area is 138 Å². The van der Waals surface area contributed by atoms with Crippen LogP contribution in [0.1, 0.15) is 46.0 Å². The molecule has 0 N–H and O–H groups in total. The van der Waals surface area contributed by atoms with Gasteiger partial charge in [-0.3, -0.25) is 4.79 Å².